The van der Waals surface area contributed by atoms with Crippen LogP contribution >= 0.6 is 23.2 Å². The summed E-state index contributed by atoms with van der Waals surface area (Å²) >= 11 is 13.0. The summed E-state index contributed by atoms with van der Waals surface area (Å²) in [6.07, 6.45) is 5.02. The molecule has 9 heteroatoms. The molecule has 0 radical (unpaired) electrons. The quantitative estimate of drug-likeness (QED) is 0.247. The fourth-order valence-electron chi connectivity index (χ4n) is 4.91. The molecule has 41 heavy (non-hydrogen) atoms. The van der Waals surface area contributed by atoms with E-state index in [0.717, 1.165) is 5.56 Å². The third-order valence-corrected chi connectivity index (χ3v) is 7.74. The lowest BCUT2D eigenvalue weighted by Gasteiger charge is -2.38. The van der Waals surface area contributed by atoms with Crippen LogP contribution in [0.3, 0.4) is 0 Å². The van der Waals surface area contributed by atoms with Gasteiger partial charge in [-0.3, -0.25) is 14.5 Å². The Bertz CT molecular complexity index is 1430. The van der Waals surface area contributed by atoms with E-state index in [4.69, 9.17) is 34.4 Å². The van der Waals surface area contributed by atoms with E-state index in [2.05, 4.69) is 16.1 Å². The zero-order valence-corrected chi connectivity index (χ0v) is 24.6. The molecule has 1 amide bonds. The van der Waals surface area contributed by atoms with Crippen molar-refractivity contribution >= 4 is 46.3 Å². The molecule has 1 aliphatic heterocycles. The molecule has 1 aliphatic rings. The second-order valence-electron chi connectivity index (χ2n) is 10.1. The van der Waals surface area contributed by atoms with Crippen LogP contribution in [-0.4, -0.2) is 67.1 Å². The van der Waals surface area contributed by atoms with Gasteiger partial charge in [-0.15, -0.1) is 6.42 Å². The lowest BCUT2D eigenvalue weighted by molar-refractivity contribution is -0.114. The molecule has 4 rings (SSSR count). The average Bonchev–Trinajstić information content (AvgIpc) is 2.97. The topological polar surface area (TPSA) is 82.1 Å². The first-order valence-electron chi connectivity index (χ1n) is 13.3. The van der Waals surface area contributed by atoms with Crippen LogP contribution in [0, 0.1) is 12.3 Å². The van der Waals surface area contributed by atoms with Gasteiger partial charge in [0, 0.05) is 45.2 Å². The van der Waals surface area contributed by atoms with E-state index in [1.807, 2.05) is 42.2 Å². The summed E-state index contributed by atoms with van der Waals surface area (Å²) in [7, 11) is 0. The lowest BCUT2D eigenvalue weighted by Crippen LogP contribution is -2.49. The van der Waals surface area contributed by atoms with Gasteiger partial charge in [0.2, 0.25) is 5.91 Å². The van der Waals surface area contributed by atoms with Crippen molar-refractivity contribution in [1.29, 1.82) is 0 Å². The highest BCUT2D eigenvalue weighted by molar-refractivity contribution is 6.38. The molecule has 0 spiro atoms. The number of ether oxygens (including phenoxy) is 1. The molecule has 2 atom stereocenters. The van der Waals surface area contributed by atoms with Gasteiger partial charge in [-0.05, 0) is 36.8 Å². The third kappa shape index (κ3) is 7.28. The number of piperazine rings is 1. The maximum absolute atomic E-state index is 13.8. The number of benzene rings is 3. The van der Waals surface area contributed by atoms with Crippen molar-refractivity contribution < 1.29 is 19.4 Å². The number of β-amino-alcohol motifs (C(OH)–C–C–N with tert-alkyl or cyclic N) is 1. The molecule has 2 N–H and O–H groups in total. The molecule has 214 valence electrons. The Morgan fingerprint density at radius 3 is 2.32 bits per heavy atom. The van der Waals surface area contributed by atoms with Crippen molar-refractivity contribution in [3.05, 3.63) is 93.5 Å². The zero-order chi connectivity index (χ0) is 29.6. The third-order valence-electron chi connectivity index (χ3n) is 7.11. The Morgan fingerprint density at radius 1 is 1.02 bits per heavy atom. The van der Waals surface area contributed by atoms with Gasteiger partial charge in [-0.1, -0.05) is 71.6 Å². The number of carbonyl (C=O) groups excluding carboxylic acids is 2. The Kier molecular flexibility index (Phi) is 10.1. The van der Waals surface area contributed by atoms with Crippen LogP contribution < -0.4 is 10.2 Å². The first kappa shape index (κ1) is 30.6. The van der Waals surface area contributed by atoms with Gasteiger partial charge in [0.1, 0.15) is 0 Å². The number of hydrogen-bond donors (Lipinski definition) is 2. The predicted molar refractivity (Wildman–Crippen MR) is 164 cm³/mol. The van der Waals surface area contributed by atoms with Crippen LogP contribution in [0.2, 0.25) is 10.0 Å². The largest absolute Gasteiger partial charge is 0.389 e. The van der Waals surface area contributed by atoms with E-state index in [-0.39, 0.29) is 23.9 Å². The minimum Gasteiger partial charge on any atom is -0.389 e. The fourth-order valence-corrected chi connectivity index (χ4v) is 5.41. The first-order chi connectivity index (χ1) is 19.6. The van der Waals surface area contributed by atoms with Gasteiger partial charge in [-0.25, -0.2) is 0 Å². The molecule has 0 aliphatic carbocycles. The molecule has 3 aromatic carbocycles. The monoisotopic (exact) mass is 593 g/mol. The Labute approximate surface area is 251 Å². The average molecular weight is 595 g/mol. The number of hydrogen-bond acceptors (Lipinski definition) is 6. The number of terminal acetylenes is 1. The molecular weight excluding hydrogens is 561 g/mol. The number of aliphatic hydroxyl groups excluding tert-OH is 1. The number of ketones is 1. The summed E-state index contributed by atoms with van der Waals surface area (Å²) in [4.78, 5) is 29.9. The molecule has 7 nitrogen and oxygen atoms in total. The van der Waals surface area contributed by atoms with Crippen LogP contribution in [0.4, 0.5) is 11.4 Å². The van der Waals surface area contributed by atoms with Crippen LogP contribution in [0.25, 0.3) is 0 Å². The summed E-state index contributed by atoms with van der Waals surface area (Å²) in [5.74, 6) is 2.06. The molecule has 1 saturated heterocycles. The minimum absolute atomic E-state index is 0.0802. The SMILES string of the molecule is C#CC(C)(OCC(O)CN1CCN(c2c(Cl)ccc(NC(C)=O)c2C(=O)c2ccccc2Cl)CC1)c1ccccc1. The summed E-state index contributed by atoms with van der Waals surface area (Å²) in [5, 5.41) is 14.2. The van der Waals surface area contributed by atoms with Crippen LogP contribution in [0.1, 0.15) is 35.3 Å². The van der Waals surface area contributed by atoms with E-state index in [9.17, 15) is 14.7 Å². The highest BCUT2D eigenvalue weighted by Gasteiger charge is 2.30. The van der Waals surface area contributed by atoms with Crippen molar-refractivity contribution in [1.82, 2.24) is 4.90 Å². The van der Waals surface area contributed by atoms with E-state index < -0.39 is 11.7 Å². The normalized spacial score (nSPS) is 16.0. The van der Waals surface area contributed by atoms with Gasteiger partial charge in [0.25, 0.3) is 0 Å². The predicted octanol–water partition coefficient (Wildman–Crippen LogP) is 5.23. The minimum atomic E-state index is -0.943. The second-order valence-corrected chi connectivity index (χ2v) is 10.9. The number of rotatable bonds is 10. The van der Waals surface area contributed by atoms with Crippen LogP contribution in [0.15, 0.2) is 66.7 Å². The summed E-state index contributed by atoms with van der Waals surface area (Å²) in [6, 6.07) is 19.6. The number of aliphatic hydroxyl groups is 1. The van der Waals surface area contributed by atoms with E-state index in [1.165, 1.54) is 6.92 Å². The van der Waals surface area contributed by atoms with Crippen LogP contribution in [-0.2, 0) is 15.1 Å². The molecule has 0 aromatic heterocycles. The van der Waals surface area contributed by atoms with Crippen molar-refractivity contribution in [3.8, 4) is 12.3 Å². The summed E-state index contributed by atoms with van der Waals surface area (Å²) in [6.45, 7) is 6.00. The summed E-state index contributed by atoms with van der Waals surface area (Å²) in [5.41, 5.74) is 1.42. The molecule has 0 bridgehead atoms. The van der Waals surface area contributed by atoms with Crippen molar-refractivity contribution in [3.63, 3.8) is 0 Å². The zero-order valence-electron chi connectivity index (χ0n) is 23.1. The lowest BCUT2D eigenvalue weighted by atomic mass is 9.97. The standard InChI is InChI=1S/C32H33Cl2N3O4/c1-4-32(3,23-10-6-5-7-11-23)41-21-24(39)20-36-16-18-37(19-17-36)30-27(34)14-15-28(35-22(2)38)29(30)31(40)25-12-8-9-13-26(25)33/h1,5-15,24,39H,16-21H2,2-3H3,(H,35,38). The van der Waals surface area contributed by atoms with Gasteiger partial charge in [0.05, 0.1) is 39.7 Å². The Balaban J connectivity index is 1.47. The van der Waals surface area contributed by atoms with Crippen molar-refractivity contribution in [2.75, 3.05) is 49.5 Å². The number of nitrogens with one attached hydrogen (secondary N) is 1. The summed E-state index contributed by atoms with van der Waals surface area (Å²) < 4.78 is 5.99. The number of halogens is 2. The first-order valence-corrected chi connectivity index (χ1v) is 14.1. The van der Waals surface area contributed by atoms with Gasteiger partial charge in [-0.2, -0.15) is 0 Å². The molecule has 2 unspecified atom stereocenters. The molecule has 1 fully saturated rings. The number of anilines is 2. The van der Waals surface area contributed by atoms with Gasteiger partial charge >= 0.3 is 0 Å². The molecule has 0 saturated carbocycles. The Hall–Kier alpha value is -3.38. The maximum atomic E-state index is 13.8. The number of nitrogens with zero attached hydrogens (tertiary/aromatic N) is 2. The highest BCUT2D eigenvalue weighted by Crippen LogP contribution is 2.38. The van der Waals surface area contributed by atoms with E-state index in [0.29, 0.717) is 59.7 Å². The van der Waals surface area contributed by atoms with E-state index in [1.54, 1.807) is 36.4 Å². The van der Waals surface area contributed by atoms with Crippen molar-refractivity contribution in [2.24, 2.45) is 0 Å². The second kappa shape index (κ2) is 13.5. The van der Waals surface area contributed by atoms with Gasteiger partial charge in [0.15, 0.2) is 11.4 Å². The molecule has 3 aromatic rings. The smallest absolute Gasteiger partial charge is 0.221 e. The number of carbonyl (C=O) groups is 2. The van der Waals surface area contributed by atoms with Crippen molar-refractivity contribution in [2.45, 2.75) is 25.6 Å². The maximum Gasteiger partial charge on any atom is 0.221 e. The molecule has 1 heterocycles. The Morgan fingerprint density at radius 2 is 1.68 bits per heavy atom. The highest BCUT2D eigenvalue weighted by atomic mass is 35.5. The number of amides is 1. The fraction of sp³-hybridized carbons (Fsp3) is 0.312. The molecular formula is C32H33Cl2N3O4. The van der Waals surface area contributed by atoms with E-state index >= 15 is 0 Å². The van der Waals surface area contributed by atoms with Crippen LogP contribution in [0.5, 0.6) is 0 Å². The van der Waals surface area contributed by atoms with Gasteiger partial charge < -0.3 is 20.1 Å².